The minimum Gasteiger partial charge on any atom is -0.390 e. The van der Waals surface area contributed by atoms with Gasteiger partial charge in [-0.15, -0.1) is 0 Å². The van der Waals surface area contributed by atoms with Crippen LogP contribution in [-0.2, 0) is 6.61 Å². The van der Waals surface area contributed by atoms with Crippen LogP contribution in [-0.4, -0.2) is 53.2 Å². The molecule has 0 saturated carbocycles. The largest absolute Gasteiger partial charge is 0.390 e. The highest BCUT2D eigenvalue weighted by molar-refractivity contribution is 5.33. The molecule has 5 heteroatoms. The van der Waals surface area contributed by atoms with Crippen LogP contribution in [0.2, 0.25) is 0 Å². The first kappa shape index (κ1) is 11.3. The van der Waals surface area contributed by atoms with Gasteiger partial charge >= 0.3 is 0 Å². The van der Waals surface area contributed by atoms with E-state index in [4.69, 9.17) is 5.11 Å². The molecule has 16 heavy (non-hydrogen) atoms. The van der Waals surface area contributed by atoms with Crippen molar-refractivity contribution < 1.29 is 5.11 Å². The summed E-state index contributed by atoms with van der Waals surface area (Å²) in [4.78, 5) is 13.2. The van der Waals surface area contributed by atoms with E-state index in [1.54, 1.807) is 0 Å². The number of aryl methyl sites for hydroxylation is 1. The van der Waals surface area contributed by atoms with Gasteiger partial charge in [0.05, 0.1) is 12.3 Å². The SMILES string of the molecule is Cc1cc(CO)nc(N2CCN(C)CC2)n1. The van der Waals surface area contributed by atoms with Gasteiger partial charge in [-0.25, -0.2) is 9.97 Å². The van der Waals surface area contributed by atoms with E-state index in [0.29, 0.717) is 5.69 Å². The van der Waals surface area contributed by atoms with Crippen molar-refractivity contribution in [3.05, 3.63) is 17.5 Å². The minimum absolute atomic E-state index is 0.0237. The lowest BCUT2D eigenvalue weighted by atomic mass is 10.3. The first-order valence-electron chi connectivity index (χ1n) is 5.58. The Kier molecular flexibility index (Phi) is 3.36. The fourth-order valence-electron chi connectivity index (χ4n) is 1.85. The number of aliphatic hydroxyl groups excluding tert-OH is 1. The third kappa shape index (κ3) is 2.48. The van der Waals surface area contributed by atoms with Crippen molar-refractivity contribution in [1.82, 2.24) is 14.9 Å². The second-order valence-electron chi connectivity index (χ2n) is 4.25. The predicted octanol–water partition coefficient (Wildman–Crippen LogP) is 0.0291. The van der Waals surface area contributed by atoms with E-state index in [1.807, 2.05) is 13.0 Å². The van der Waals surface area contributed by atoms with Gasteiger partial charge < -0.3 is 14.9 Å². The number of likely N-dealkylation sites (N-methyl/N-ethyl adjacent to an activating group) is 1. The third-order valence-electron chi connectivity index (χ3n) is 2.84. The molecule has 0 amide bonds. The van der Waals surface area contributed by atoms with Gasteiger partial charge in [0.2, 0.25) is 5.95 Å². The van der Waals surface area contributed by atoms with Gasteiger partial charge in [0.25, 0.3) is 0 Å². The Labute approximate surface area is 95.7 Å². The van der Waals surface area contributed by atoms with E-state index in [-0.39, 0.29) is 6.61 Å². The monoisotopic (exact) mass is 222 g/mol. The Balaban J connectivity index is 2.16. The van der Waals surface area contributed by atoms with Crippen LogP contribution in [0.3, 0.4) is 0 Å². The molecule has 2 heterocycles. The third-order valence-corrected chi connectivity index (χ3v) is 2.84. The molecule has 1 saturated heterocycles. The molecule has 1 aliphatic heterocycles. The fraction of sp³-hybridized carbons (Fsp3) is 0.636. The summed E-state index contributed by atoms with van der Waals surface area (Å²) in [5, 5.41) is 9.11. The standard InChI is InChI=1S/C11H18N4O/c1-9-7-10(8-16)13-11(12-9)15-5-3-14(2)4-6-15/h7,16H,3-6,8H2,1-2H3. The van der Waals surface area contributed by atoms with Crippen LogP contribution in [0.4, 0.5) is 5.95 Å². The maximum atomic E-state index is 9.11. The summed E-state index contributed by atoms with van der Waals surface area (Å²) in [5.41, 5.74) is 1.61. The van der Waals surface area contributed by atoms with Crippen molar-refractivity contribution in [2.24, 2.45) is 0 Å². The molecule has 0 bridgehead atoms. The summed E-state index contributed by atoms with van der Waals surface area (Å²) < 4.78 is 0. The smallest absolute Gasteiger partial charge is 0.225 e. The van der Waals surface area contributed by atoms with Gasteiger partial charge in [0.1, 0.15) is 0 Å². The molecule has 0 spiro atoms. The van der Waals surface area contributed by atoms with Crippen LogP contribution in [0, 0.1) is 6.92 Å². The van der Waals surface area contributed by atoms with Gasteiger partial charge in [-0.05, 0) is 20.0 Å². The fourth-order valence-corrected chi connectivity index (χ4v) is 1.85. The van der Waals surface area contributed by atoms with Crippen LogP contribution in [0.1, 0.15) is 11.4 Å². The van der Waals surface area contributed by atoms with Gasteiger partial charge in [0, 0.05) is 31.9 Å². The summed E-state index contributed by atoms with van der Waals surface area (Å²) in [7, 11) is 2.12. The van der Waals surface area contributed by atoms with Crippen LogP contribution >= 0.6 is 0 Å². The quantitative estimate of drug-likeness (QED) is 0.765. The molecular weight excluding hydrogens is 204 g/mol. The van der Waals surface area contributed by atoms with E-state index in [2.05, 4.69) is 26.8 Å². The second kappa shape index (κ2) is 4.76. The zero-order chi connectivity index (χ0) is 11.5. The highest BCUT2D eigenvalue weighted by Gasteiger charge is 2.16. The number of piperazine rings is 1. The predicted molar refractivity (Wildman–Crippen MR) is 62.4 cm³/mol. The lowest BCUT2D eigenvalue weighted by molar-refractivity contribution is 0.276. The van der Waals surface area contributed by atoms with E-state index in [0.717, 1.165) is 37.8 Å². The lowest BCUT2D eigenvalue weighted by Crippen LogP contribution is -2.45. The zero-order valence-corrected chi connectivity index (χ0v) is 9.85. The van der Waals surface area contributed by atoms with Gasteiger partial charge in [-0.3, -0.25) is 0 Å². The normalized spacial score (nSPS) is 17.8. The number of aromatic nitrogens is 2. The van der Waals surface area contributed by atoms with Gasteiger partial charge in [-0.1, -0.05) is 0 Å². The van der Waals surface area contributed by atoms with Crippen molar-refractivity contribution in [2.45, 2.75) is 13.5 Å². The lowest BCUT2D eigenvalue weighted by Gasteiger charge is -2.32. The van der Waals surface area contributed by atoms with Crippen molar-refractivity contribution in [1.29, 1.82) is 0 Å². The molecule has 1 fully saturated rings. The Bertz CT molecular complexity index is 361. The molecule has 0 radical (unpaired) electrons. The molecule has 1 N–H and O–H groups in total. The van der Waals surface area contributed by atoms with Crippen LogP contribution in [0.25, 0.3) is 0 Å². The van der Waals surface area contributed by atoms with Crippen molar-refractivity contribution in [3.63, 3.8) is 0 Å². The molecule has 0 atom stereocenters. The van der Waals surface area contributed by atoms with Gasteiger partial charge in [-0.2, -0.15) is 0 Å². The summed E-state index contributed by atoms with van der Waals surface area (Å²) in [6.45, 7) is 5.87. The van der Waals surface area contributed by atoms with Crippen LogP contribution < -0.4 is 4.90 Å². The molecule has 1 aromatic heterocycles. The molecule has 1 aromatic rings. The summed E-state index contributed by atoms with van der Waals surface area (Å²) in [6.07, 6.45) is 0. The number of hydrogen-bond donors (Lipinski definition) is 1. The Morgan fingerprint density at radius 3 is 2.56 bits per heavy atom. The number of hydrogen-bond acceptors (Lipinski definition) is 5. The van der Waals surface area contributed by atoms with E-state index in [1.165, 1.54) is 0 Å². The van der Waals surface area contributed by atoms with E-state index >= 15 is 0 Å². The Morgan fingerprint density at radius 2 is 1.94 bits per heavy atom. The highest BCUT2D eigenvalue weighted by Crippen LogP contribution is 2.12. The molecule has 2 rings (SSSR count). The Morgan fingerprint density at radius 1 is 1.25 bits per heavy atom. The molecule has 0 aliphatic carbocycles. The van der Waals surface area contributed by atoms with Gasteiger partial charge in [0.15, 0.2) is 0 Å². The highest BCUT2D eigenvalue weighted by atomic mass is 16.3. The zero-order valence-electron chi connectivity index (χ0n) is 9.85. The summed E-state index contributed by atoms with van der Waals surface area (Å²) in [5.74, 6) is 0.747. The first-order valence-corrected chi connectivity index (χ1v) is 5.58. The number of rotatable bonds is 2. The maximum absolute atomic E-state index is 9.11. The minimum atomic E-state index is -0.0237. The van der Waals surface area contributed by atoms with Crippen LogP contribution in [0.15, 0.2) is 6.07 Å². The topological polar surface area (TPSA) is 52.5 Å². The molecule has 0 unspecified atom stereocenters. The summed E-state index contributed by atoms with van der Waals surface area (Å²) >= 11 is 0. The number of anilines is 1. The second-order valence-corrected chi connectivity index (χ2v) is 4.25. The van der Waals surface area contributed by atoms with Crippen molar-refractivity contribution in [2.75, 3.05) is 38.1 Å². The molecule has 88 valence electrons. The first-order chi connectivity index (χ1) is 7.69. The number of nitrogens with zero attached hydrogens (tertiary/aromatic N) is 4. The molecule has 1 aliphatic rings. The average Bonchev–Trinajstić information content (AvgIpc) is 2.29. The molecule has 0 aromatic carbocycles. The average molecular weight is 222 g/mol. The van der Waals surface area contributed by atoms with Crippen molar-refractivity contribution >= 4 is 5.95 Å². The molecule has 5 nitrogen and oxygen atoms in total. The van der Waals surface area contributed by atoms with E-state index < -0.39 is 0 Å². The van der Waals surface area contributed by atoms with E-state index in [9.17, 15) is 0 Å². The Hall–Kier alpha value is -1.20. The van der Waals surface area contributed by atoms with Crippen molar-refractivity contribution in [3.8, 4) is 0 Å². The summed E-state index contributed by atoms with van der Waals surface area (Å²) in [6, 6.07) is 1.82. The maximum Gasteiger partial charge on any atom is 0.225 e. The number of aliphatic hydroxyl groups is 1. The molecular formula is C11H18N4O. The van der Waals surface area contributed by atoms with Crippen LogP contribution in [0.5, 0.6) is 0 Å².